The van der Waals surface area contributed by atoms with Gasteiger partial charge in [0.15, 0.2) is 5.11 Å². The summed E-state index contributed by atoms with van der Waals surface area (Å²) < 4.78 is 5.44. The maximum absolute atomic E-state index is 5.61. The van der Waals surface area contributed by atoms with Gasteiger partial charge in [0, 0.05) is 77.2 Å². The molecular weight excluding hydrogens is 484 g/mol. The second-order valence-electron chi connectivity index (χ2n) is 10.2. The third-order valence-electron chi connectivity index (χ3n) is 7.45. The highest BCUT2D eigenvalue weighted by atomic mass is 32.1. The van der Waals surface area contributed by atoms with Crippen LogP contribution in [-0.2, 0) is 4.74 Å². The van der Waals surface area contributed by atoms with E-state index in [-0.39, 0.29) is 0 Å². The van der Waals surface area contributed by atoms with Crippen molar-refractivity contribution in [1.29, 1.82) is 0 Å². The minimum absolute atomic E-state index is 0.567. The summed E-state index contributed by atoms with van der Waals surface area (Å²) in [5.74, 6) is 3.19. The third-order valence-corrected chi connectivity index (χ3v) is 7.69. The summed E-state index contributed by atoms with van der Waals surface area (Å²) in [7, 11) is 0. The first-order valence-corrected chi connectivity index (χ1v) is 14.1. The van der Waals surface area contributed by atoms with E-state index in [1.807, 2.05) is 0 Å². The molecule has 37 heavy (non-hydrogen) atoms. The Kier molecular flexibility index (Phi) is 8.91. The first-order chi connectivity index (χ1) is 18.1. The molecule has 9 nitrogen and oxygen atoms in total. The van der Waals surface area contributed by atoms with Gasteiger partial charge < -0.3 is 30.1 Å². The van der Waals surface area contributed by atoms with Crippen molar-refractivity contribution in [2.75, 3.05) is 98.7 Å². The van der Waals surface area contributed by atoms with E-state index in [0.717, 1.165) is 90.3 Å². The van der Waals surface area contributed by atoms with E-state index < -0.39 is 0 Å². The number of piperazine rings is 1. The summed E-state index contributed by atoms with van der Waals surface area (Å²) >= 11 is 5.61. The fraction of sp³-hybridized carbons (Fsp3) is 0.593. The number of aromatic nitrogens is 2. The van der Waals surface area contributed by atoms with Crippen molar-refractivity contribution >= 4 is 40.6 Å². The predicted octanol–water partition coefficient (Wildman–Crippen LogP) is 2.66. The molecule has 0 radical (unpaired) electrons. The first kappa shape index (κ1) is 25.9. The lowest BCUT2D eigenvalue weighted by Gasteiger charge is -2.37. The Bertz CT molecular complexity index is 1010. The van der Waals surface area contributed by atoms with Crippen LogP contribution in [0.3, 0.4) is 0 Å². The van der Waals surface area contributed by atoms with Gasteiger partial charge in [-0.3, -0.25) is 4.90 Å². The number of para-hydroxylation sites is 1. The zero-order valence-corrected chi connectivity index (χ0v) is 22.8. The molecule has 10 heteroatoms. The summed E-state index contributed by atoms with van der Waals surface area (Å²) in [6.07, 6.45) is 2.47. The second-order valence-corrected chi connectivity index (χ2v) is 10.7. The molecule has 0 aliphatic carbocycles. The number of benzene rings is 1. The number of nitrogens with zero attached hydrogens (tertiary/aromatic N) is 6. The number of morpholine rings is 1. The van der Waals surface area contributed by atoms with Crippen LogP contribution in [0.2, 0.25) is 0 Å². The number of piperidine rings is 1. The van der Waals surface area contributed by atoms with Crippen LogP contribution in [0.25, 0.3) is 0 Å². The van der Waals surface area contributed by atoms with E-state index in [1.165, 1.54) is 18.5 Å². The monoisotopic (exact) mass is 524 g/mol. The molecule has 200 valence electrons. The molecule has 3 aliphatic rings. The molecule has 1 aromatic carbocycles. The zero-order chi connectivity index (χ0) is 25.5. The Morgan fingerprint density at radius 2 is 1.65 bits per heavy atom. The van der Waals surface area contributed by atoms with Crippen LogP contribution in [0.5, 0.6) is 0 Å². The quantitative estimate of drug-likeness (QED) is 0.528. The number of anilines is 4. The van der Waals surface area contributed by atoms with E-state index >= 15 is 0 Å². The van der Waals surface area contributed by atoms with E-state index in [9.17, 15) is 0 Å². The summed E-state index contributed by atoms with van der Waals surface area (Å²) in [6.45, 7) is 13.4. The van der Waals surface area contributed by atoms with Gasteiger partial charge in [0.2, 0.25) is 5.95 Å². The summed E-state index contributed by atoms with van der Waals surface area (Å²) in [4.78, 5) is 19.4. The Morgan fingerprint density at radius 1 is 0.946 bits per heavy atom. The lowest BCUT2D eigenvalue weighted by Crippen LogP contribution is -2.47. The van der Waals surface area contributed by atoms with Gasteiger partial charge >= 0.3 is 0 Å². The molecule has 0 bridgehead atoms. The zero-order valence-electron chi connectivity index (χ0n) is 21.9. The SMILES string of the molecule is C[C@H]1CCCN(c2cc(N3CCN(c4ccccc4)CC3)nc(NC(=S)NCCN3CCOCC3)n2)C1. The van der Waals surface area contributed by atoms with Crippen molar-refractivity contribution in [2.45, 2.75) is 19.8 Å². The highest BCUT2D eigenvalue weighted by Gasteiger charge is 2.23. The first-order valence-electron chi connectivity index (χ1n) is 13.7. The van der Waals surface area contributed by atoms with Crippen molar-refractivity contribution < 1.29 is 4.74 Å². The molecular formula is C27H40N8OS. The maximum atomic E-state index is 5.61. The Labute approximate surface area is 226 Å². The van der Waals surface area contributed by atoms with Gasteiger partial charge in [-0.25, -0.2) is 0 Å². The lowest BCUT2D eigenvalue weighted by molar-refractivity contribution is 0.0389. The number of rotatable bonds is 7. The van der Waals surface area contributed by atoms with Crippen molar-refractivity contribution in [2.24, 2.45) is 5.92 Å². The van der Waals surface area contributed by atoms with Gasteiger partial charge in [0.25, 0.3) is 0 Å². The highest BCUT2D eigenvalue weighted by molar-refractivity contribution is 7.80. The van der Waals surface area contributed by atoms with Gasteiger partial charge in [-0.2, -0.15) is 9.97 Å². The Balaban J connectivity index is 1.25. The Hall–Kier alpha value is -2.69. The summed E-state index contributed by atoms with van der Waals surface area (Å²) in [6, 6.07) is 12.8. The molecule has 3 saturated heterocycles. The van der Waals surface area contributed by atoms with Crippen LogP contribution in [0.1, 0.15) is 19.8 Å². The van der Waals surface area contributed by atoms with Crippen LogP contribution < -0.4 is 25.3 Å². The summed E-state index contributed by atoms with van der Waals surface area (Å²) in [5, 5.41) is 7.17. The van der Waals surface area contributed by atoms with E-state index in [4.69, 9.17) is 26.9 Å². The average molecular weight is 525 g/mol. The van der Waals surface area contributed by atoms with Crippen LogP contribution in [-0.4, -0.2) is 98.6 Å². The minimum atomic E-state index is 0.567. The van der Waals surface area contributed by atoms with E-state index in [0.29, 0.717) is 17.0 Å². The van der Waals surface area contributed by atoms with Gasteiger partial charge in [0.05, 0.1) is 13.2 Å². The third kappa shape index (κ3) is 7.21. The molecule has 4 heterocycles. The van der Waals surface area contributed by atoms with Crippen molar-refractivity contribution in [1.82, 2.24) is 20.2 Å². The second kappa shape index (κ2) is 12.7. The number of thiocarbonyl (C=S) groups is 1. The molecule has 5 rings (SSSR count). The number of nitrogens with one attached hydrogen (secondary N) is 2. The van der Waals surface area contributed by atoms with Crippen molar-refractivity contribution in [3.05, 3.63) is 36.4 Å². The smallest absolute Gasteiger partial charge is 0.232 e. The summed E-state index contributed by atoms with van der Waals surface area (Å²) in [5.41, 5.74) is 1.28. The predicted molar refractivity (Wildman–Crippen MR) is 155 cm³/mol. The van der Waals surface area contributed by atoms with E-state index in [2.05, 4.69) is 73.6 Å². The fourth-order valence-electron chi connectivity index (χ4n) is 5.33. The van der Waals surface area contributed by atoms with Crippen LogP contribution in [0.15, 0.2) is 36.4 Å². The average Bonchev–Trinajstić information content (AvgIpc) is 2.94. The topological polar surface area (TPSA) is 72.0 Å². The van der Waals surface area contributed by atoms with Crippen molar-refractivity contribution in [3.8, 4) is 0 Å². The standard InChI is InChI=1S/C27H40N8OS/c1-22-6-5-10-35(21-22)25-20-24(34-14-12-33(13-15-34)23-7-3-2-4-8-23)29-26(30-25)31-27(37)28-9-11-32-16-18-36-19-17-32/h2-4,7-8,20,22H,5-6,9-19,21H2,1H3,(H2,28,29,30,31,37)/t22-/m0/s1. The molecule has 0 amide bonds. The van der Waals surface area contributed by atoms with Crippen LogP contribution in [0, 0.1) is 5.92 Å². The molecule has 3 aliphatic heterocycles. The number of hydrogen-bond acceptors (Lipinski definition) is 8. The maximum Gasteiger partial charge on any atom is 0.232 e. The highest BCUT2D eigenvalue weighted by Crippen LogP contribution is 2.27. The minimum Gasteiger partial charge on any atom is -0.379 e. The van der Waals surface area contributed by atoms with Crippen molar-refractivity contribution in [3.63, 3.8) is 0 Å². The van der Waals surface area contributed by atoms with Gasteiger partial charge in [0.1, 0.15) is 11.6 Å². The molecule has 2 N–H and O–H groups in total. The van der Waals surface area contributed by atoms with Crippen LogP contribution in [0.4, 0.5) is 23.3 Å². The largest absolute Gasteiger partial charge is 0.379 e. The van der Waals surface area contributed by atoms with Crippen LogP contribution >= 0.6 is 12.2 Å². The molecule has 0 saturated carbocycles. The Morgan fingerprint density at radius 3 is 2.38 bits per heavy atom. The number of hydrogen-bond donors (Lipinski definition) is 2. The molecule has 1 atom stereocenters. The molecule has 2 aromatic rings. The van der Waals surface area contributed by atoms with Gasteiger partial charge in [-0.05, 0) is 43.1 Å². The number of ether oxygens (including phenoxy) is 1. The molecule has 0 unspecified atom stereocenters. The lowest BCUT2D eigenvalue weighted by atomic mass is 10.0. The fourth-order valence-corrected chi connectivity index (χ4v) is 5.52. The molecule has 3 fully saturated rings. The van der Waals surface area contributed by atoms with Gasteiger partial charge in [-0.15, -0.1) is 0 Å². The molecule has 1 aromatic heterocycles. The normalized spacial score (nSPS) is 21.1. The van der Waals surface area contributed by atoms with Gasteiger partial charge in [-0.1, -0.05) is 25.1 Å². The molecule has 0 spiro atoms. The van der Waals surface area contributed by atoms with E-state index in [1.54, 1.807) is 0 Å².